The summed E-state index contributed by atoms with van der Waals surface area (Å²) in [5.74, 6) is 0. The zero-order valence-electron chi connectivity index (χ0n) is 1.32. The molecule has 0 atom stereocenters. The third-order valence-corrected chi connectivity index (χ3v) is 0. The van der Waals surface area contributed by atoms with Crippen molar-refractivity contribution in [2.45, 2.75) is 0 Å². The Bertz CT molecular complexity index is 27.0. The summed E-state index contributed by atoms with van der Waals surface area (Å²) >= 11 is 0. The third-order valence-electron chi connectivity index (χ3n) is 0. The summed E-state index contributed by atoms with van der Waals surface area (Å²) in [6, 6.07) is 0. The summed E-state index contributed by atoms with van der Waals surface area (Å²) in [6.45, 7) is 0. The highest BCUT2D eigenvalue weighted by Crippen LogP contribution is 0.759. The number of hydrogen-bond acceptors (Lipinski definition) is 2. The van der Waals surface area contributed by atoms with E-state index in [1.165, 1.54) is 0 Å². The van der Waals surface area contributed by atoms with E-state index in [2.05, 4.69) is 0 Å². The molecule has 0 fully saturated rings. The molecule has 0 radical (unpaired) electrons. The van der Waals surface area contributed by atoms with Gasteiger partial charge >= 0.3 is 9.29 Å². The third kappa shape index (κ3) is 35.0. The maximum absolute atomic E-state index is 8.40. The molecular weight excluding hydrogens is 87.1 g/mol. The predicted octanol–water partition coefficient (Wildman–Crippen LogP) is -1.80. The normalized spacial score (nSPS) is 2.00. The lowest BCUT2D eigenvalue weighted by atomic mass is 15.9. The van der Waals surface area contributed by atoms with Gasteiger partial charge in [-0.25, -0.2) is 0 Å². The van der Waals surface area contributed by atoms with Crippen molar-refractivity contribution in [2.24, 2.45) is 0 Å². The molecule has 0 bridgehead atoms. The highest BCUT2D eigenvalue weighted by atomic mass is 28.2. The van der Waals surface area contributed by atoms with Crippen LogP contribution in [0.4, 0.5) is 0 Å². The van der Waals surface area contributed by atoms with Crippen molar-refractivity contribution in [1.29, 1.82) is 0 Å². The molecule has 0 aliphatic heterocycles. The van der Waals surface area contributed by atoms with Crippen LogP contribution in [-0.4, -0.2) is 26.7 Å². The van der Waals surface area contributed by atoms with Crippen LogP contribution in [0.3, 0.4) is 0 Å². The van der Waals surface area contributed by atoms with Crippen LogP contribution in [0.5, 0.6) is 0 Å². The van der Waals surface area contributed by atoms with Crippen LogP contribution in [0, 0.1) is 0 Å². The Balaban J connectivity index is 0. The van der Waals surface area contributed by atoms with Gasteiger partial charge in [0.1, 0.15) is 0 Å². The van der Waals surface area contributed by atoms with Crippen LogP contribution < -0.4 is 0 Å². The van der Waals surface area contributed by atoms with Crippen LogP contribution in [-0.2, 0) is 8.92 Å². The Hall–Kier alpha value is 0.349. The first-order valence-corrected chi connectivity index (χ1v) is 1.22. The van der Waals surface area contributed by atoms with Gasteiger partial charge in [0, 0.05) is 0 Å². The van der Waals surface area contributed by atoms with E-state index in [0.717, 1.165) is 0 Å². The highest BCUT2D eigenvalue weighted by Gasteiger charge is 1.22. The molecule has 0 rings (SSSR count). The topological polar surface area (TPSA) is 34.1 Å². The smallest absolute Gasteiger partial charge is 0.274 e. The molecule has 0 aromatic rings. The van der Waals surface area contributed by atoms with Gasteiger partial charge < -0.3 is 0 Å². The first-order valence-electron chi connectivity index (χ1n) is 0.408. The lowest BCUT2D eigenvalue weighted by Gasteiger charge is -0.944. The van der Waals surface area contributed by atoms with Crippen LogP contribution in [0.1, 0.15) is 0 Å². The van der Waals surface area contributed by atoms with Gasteiger partial charge in [0.25, 0.3) is 0 Å². The fraction of sp³-hybridized carbons (Fsp3) is 0. The molecule has 4 heteroatoms. The van der Waals surface area contributed by atoms with Gasteiger partial charge in [-0.2, -0.15) is 0 Å². The molecule has 0 aromatic carbocycles. The molecule has 22 valence electrons. The summed E-state index contributed by atoms with van der Waals surface area (Å²) < 4.78 is 16.8. The van der Waals surface area contributed by atoms with E-state index in [1.807, 2.05) is 0 Å². The van der Waals surface area contributed by atoms with Gasteiger partial charge in [0.05, 0.1) is 0 Å². The first-order chi connectivity index (χ1) is 1.41. The summed E-state index contributed by atoms with van der Waals surface area (Å²) in [7, 11) is -1.42. The quantitative estimate of drug-likeness (QED) is 0.329. The second-order valence-corrected chi connectivity index (χ2v) is 0.250. The van der Waals surface area contributed by atoms with E-state index in [4.69, 9.17) is 8.92 Å². The maximum atomic E-state index is 8.40. The monoisotopic (exact) mass is 90.0 g/mol. The number of rotatable bonds is 0. The van der Waals surface area contributed by atoms with Gasteiger partial charge in [0.15, 0.2) is 17.4 Å². The molecule has 4 heavy (non-hydrogen) atoms. The molecular formula is H3AlO2Si. The van der Waals surface area contributed by atoms with E-state index in [9.17, 15) is 0 Å². The Labute approximate surface area is 36.3 Å². The Morgan fingerprint density at radius 2 is 1.25 bits per heavy atom. The molecule has 0 amide bonds. The zero-order valence-corrected chi connectivity index (χ0v) is 2.32. The molecule has 0 heterocycles. The van der Waals surface area contributed by atoms with Crippen molar-refractivity contribution in [3.63, 3.8) is 0 Å². The summed E-state index contributed by atoms with van der Waals surface area (Å²) in [5.41, 5.74) is 0. The van der Waals surface area contributed by atoms with E-state index in [0.29, 0.717) is 0 Å². The molecule has 0 aliphatic rings. The van der Waals surface area contributed by atoms with Crippen molar-refractivity contribution in [3.8, 4) is 0 Å². The second kappa shape index (κ2) is 10.2. The summed E-state index contributed by atoms with van der Waals surface area (Å²) in [6.07, 6.45) is 0. The first kappa shape index (κ1) is 8.84. The van der Waals surface area contributed by atoms with Gasteiger partial charge in [-0.05, 0) is 0 Å². The van der Waals surface area contributed by atoms with Gasteiger partial charge in [-0.15, -0.1) is 0 Å². The highest BCUT2D eigenvalue weighted by molar-refractivity contribution is 5.94. The average Bonchev–Trinajstić information content (AvgIpc) is 0.918. The maximum Gasteiger partial charge on any atom is 0.549 e. The van der Waals surface area contributed by atoms with Crippen molar-refractivity contribution in [2.75, 3.05) is 0 Å². The van der Waals surface area contributed by atoms with Gasteiger partial charge in [-0.3, -0.25) is 8.92 Å². The molecule has 0 spiro atoms. The molecule has 0 aromatic heterocycles. The lowest BCUT2D eigenvalue weighted by Crippen LogP contribution is -1.26. The molecule has 0 unspecified atom stereocenters. The molecule has 2 nitrogen and oxygen atoms in total. The lowest BCUT2D eigenvalue weighted by molar-refractivity contribution is 0.497. The second-order valence-electron chi connectivity index (χ2n) is 0.0833. The Morgan fingerprint density at radius 1 is 1.25 bits per heavy atom. The zero-order chi connectivity index (χ0) is 2.71. The molecule has 0 saturated carbocycles. The predicted molar refractivity (Wildman–Crippen MR) is 17.1 cm³/mol. The SMILES string of the molecule is O=[Si]=O.[AlH3]. The minimum Gasteiger partial charge on any atom is -0.274 e. The van der Waals surface area contributed by atoms with E-state index in [-0.39, 0.29) is 17.4 Å². The Morgan fingerprint density at radius 3 is 1.25 bits per heavy atom. The Kier molecular flexibility index (Phi) is 22.4. The van der Waals surface area contributed by atoms with Crippen molar-refractivity contribution in [3.05, 3.63) is 0 Å². The standard InChI is InChI=1S/Al.O2Si.3H/c;1-3-2;;;. The fourth-order valence-electron chi connectivity index (χ4n) is 0. The molecule has 0 saturated heterocycles. The van der Waals surface area contributed by atoms with Crippen LogP contribution in [0.2, 0.25) is 0 Å². The minimum absolute atomic E-state index is 0. The van der Waals surface area contributed by atoms with Crippen molar-refractivity contribution in [1.82, 2.24) is 0 Å². The molecule has 0 aliphatic carbocycles. The van der Waals surface area contributed by atoms with Crippen LogP contribution in [0.25, 0.3) is 0 Å². The average molecular weight is 90.1 g/mol. The van der Waals surface area contributed by atoms with Crippen molar-refractivity contribution >= 4 is 26.7 Å². The van der Waals surface area contributed by atoms with Crippen LogP contribution in [0.15, 0.2) is 0 Å². The van der Waals surface area contributed by atoms with E-state index >= 15 is 0 Å². The number of hydrogen-bond donors (Lipinski definition) is 0. The van der Waals surface area contributed by atoms with Gasteiger partial charge in [-0.1, -0.05) is 0 Å². The summed E-state index contributed by atoms with van der Waals surface area (Å²) in [4.78, 5) is 0. The van der Waals surface area contributed by atoms with E-state index in [1.54, 1.807) is 0 Å². The largest absolute Gasteiger partial charge is 0.549 e. The van der Waals surface area contributed by atoms with E-state index < -0.39 is 9.29 Å². The fourth-order valence-corrected chi connectivity index (χ4v) is 0. The van der Waals surface area contributed by atoms with Crippen LogP contribution >= 0.6 is 0 Å². The summed E-state index contributed by atoms with van der Waals surface area (Å²) in [5, 5.41) is 0. The van der Waals surface area contributed by atoms with Crippen molar-refractivity contribution < 1.29 is 8.92 Å². The minimum atomic E-state index is -1.42. The van der Waals surface area contributed by atoms with Gasteiger partial charge in [0.2, 0.25) is 0 Å². The molecule has 0 N–H and O–H groups in total.